The maximum absolute atomic E-state index is 13.0. The third kappa shape index (κ3) is 4.63. The summed E-state index contributed by atoms with van der Waals surface area (Å²) in [4.78, 5) is 14.7. The van der Waals surface area contributed by atoms with Crippen LogP contribution < -0.4 is 10.2 Å². The number of carbonyl (C=O) groups is 1. The predicted octanol–water partition coefficient (Wildman–Crippen LogP) is 5.02. The second kappa shape index (κ2) is 8.33. The third-order valence-electron chi connectivity index (χ3n) is 4.36. The molecule has 1 amide bonds. The Labute approximate surface area is 164 Å². The summed E-state index contributed by atoms with van der Waals surface area (Å²) in [6.07, 6.45) is -4.59. The summed E-state index contributed by atoms with van der Waals surface area (Å²) in [6, 6.07) is 6.42. The first-order chi connectivity index (χ1) is 12.6. The van der Waals surface area contributed by atoms with Gasteiger partial charge >= 0.3 is 6.18 Å². The van der Waals surface area contributed by atoms with Crippen molar-refractivity contribution in [2.75, 3.05) is 23.3 Å². The van der Waals surface area contributed by atoms with E-state index in [4.69, 9.17) is 0 Å². The zero-order valence-electron chi connectivity index (χ0n) is 15.6. The van der Waals surface area contributed by atoms with Gasteiger partial charge in [-0.05, 0) is 67.9 Å². The molecule has 0 aliphatic carbocycles. The van der Waals surface area contributed by atoms with Gasteiger partial charge in [0.25, 0.3) is 0 Å². The van der Waals surface area contributed by atoms with Crippen LogP contribution in [0.3, 0.4) is 0 Å². The summed E-state index contributed by atoms with van der Waals surface area (Å²) < 4.78 is 39.9. The monoisotopic (exact) mass is 446 g/mol. The van der Waals surface area contributed by atoms with Crippen LogP contribution in [0, 0.1) is 6.92 Å². The molecule has 148 valence electrons. The van der Waals surface area contributed by atoms with E-state index in [1.165, 1.54) is 13.8 Å². The molecule has 0 spiro atoms. The Morgan fingerprint density at radius 1 is 1.26 bits per heavy atom. The summed E-state index contributed by atoms with van der Waals surface area (Å²) in [5.74, 6) is -0.447. The van der Waals surface area contributed by atoms with E-state index in [0.717, 1.165) is 23.5 Å². The Morgan fingerprint density at radius 2 is 1.81 bits per heavy atom. The van der Waals surface area contributed by atoms with Gasteiger partial charge in [-0.2, -0.15) is 18.3 Å². The van der Waals surface area contributed by atoms with Gasteiger partial charge in [-0.1, -0.05) is 0 Å². The molecule has 1 heterocycles. The molecule has 1 aromatic carbocycles. The highest BCUT2D eigenvalue weighted by atomic mass is 79.9. The lowest BCUT2D eigenvalue weighted by atomic mass is 10.2. The van der Waals surface area contributed by atoms with Crippen LogP contribution in [0.4, 0.5) is 24.5 Å². The van der Waals surface area contributed by atoms with Crippen molar-refractivity contribution in [1.29, 1.82) is 0 Å². The van der Waals surface area contributed by atoms with Gasteiger partial charge < -0.3 is 10.2 Å². The standard InChI is InChI=1S/C18H22BrF3N4O/c1-5-25(6-2)14-9-7-13(8-10-14)23-17(27)12(4)26-11(3)15(19)16(24-26)18(20,21)22/h7-10,12H,5-6H2,1-4H3,(H,23,27). The van der Waals surface area contributed by atoms with Crippen molar-refractivity contribution in [3.8, 4) is 0 Å². The zero-order valence-corrected chi connectivity index (χ0v) is 17.1. The molecule has 2 rings (SSSR count). The molecule has 0 bridgehead atoms. The van der Waals surface area contributed by atoms with Crippen LogP contribution in [-0.2, 0) is 11.0 Å². The van der Waals surface area contributed by atoms with E-state index in [1.807, 2.05) is 12.1 Å². The first-order valence-electron chi connectivity index (χ1n) is 8.57. The van der Waals surface area contributed by atoms with Crippen molar-refractivity contribution in [2.45, 2.75) is 39.9 Å². The highest BCUT2D eigenvalue weighted by Gasteiger charge is 2.38. The fraction of sp³-hybridized carbons (Fsp3) is 0.444. The van der Waals surface area contributed by atoms with Crippen LogP contribution in [-0.4, -0.2) is 28.8 Å². The Balaban J connectivity index is 2.17. The predicted molar refractivity (Wildman–Crippen MR) is 103 cm³/mol. The van der Waals surface area contributed by atoms with Crippen molar-refractivity contribution >= 4 is 33.2 Å². The number of alkyl halides is 3. The van der Waals surface area contributed by atoms with Crippen LogP contribution in [0.1, 0.15) is 38.2 Å². The molecule has 5 nitrogen and oxygen atoms in total. The maximum atomic E-state index is 13.0. The highest BCUT2D eigenvalue weighted by molar-refractivity contribution is 9.10. The first-order valence-corrected chi connectivity index (χ1v) is 9.37. The van der Waals surface area contributed by atoms with E-state index in [1.54, 1.807) is 12.1 Å². The minimum atomic E-state index is -4.59. The van der Waals surface area contributed by atoms with Gasteiger partial charge in [0, 0.05) is 24.5 Å². The van der Waals surface area contributed by atoms with E-state index in [2.05, 4.69) is 45.1 Å². The second-order valence-corrected chi connectivity index (χ2v) is 6.87. The largest absolute Gasteiger partial charge is 0.436 e. The fourth-order valence-corrected chi connectivity index (χ4v) is 3.24. The molecule has 1 N–H and O–H groups in total. The number of nitrogens with one attached hydrogen (secondary N) is 1. The molecule has 0 saturated carbocycles. The Kier molecular flexibility index (Phi) is 6.56. The normalized spacial score (nSPS) is 12.7. The molecule has 0 aliphatic rings. The van der Waals surface area contributed by atoms with Gasteiger partial charge in [-0.25, -0.2) is 0 Å². The summed E-state index contributed by atoms with van der Waals surface area (Å²) in [7, 11) is 0. The third-order valence-corrected chi connectivity index (χ3v) is 5.30. The van der Waals surface area contributed by atoms with Crippen LogP contribution in [0.25, 0.3) is 0 Å². The van der Waals surface area contributed by atoms with Crippen LogP contribution in [0.2, 0.25) is 0 Å². The van der Waals surface area contributed by atoms with Crippen LogP contribution >= 0.6 is 15.9 Å². The number of nitrogens with zero attached hydrogens (tertiary/aromatic N) is 3. The summed E-state index contributed by atoms with van der Waals surface area (Å²) in [5, 5.41) is 6.30. The molecular weight excluding hydrogens is 425 g/mol. The van der Waals surface area contributed by atoms with E-state index >= 15 is 0 Å². The summed E-state index contributed by atoms with van der Waals surface area (Å²) in [5.41, 5.74) is 0.806. The number of benzene rings is 1. The minimum Gasteiger partial charge on any atom is -0.372 e. The Hall–Kier alpha value is -2.03. The molecule has 0 radical (unpaired) electrons. The molecule has 0 fully saturated rings. The number of rotatable bonds is 6. The number of aromatic nitrogens is 2. The molecule has 1 atom stereocenters. The summed E-state index contributed by atoms with van der Waals surface area (Å²) in [6.45, 7) is 8.84. The van der Waals surface area contributed by atoms with E-state index in [-0.39, 0.29) is 10.2 Å². The van der Waals surface area contributed by atoms with E-state index in [0.29, 0.717) is 5.69 Å². The number of carbonyl (C=O) groups excluding carboxylic acids is 1. The molecular formula is C18H22BrF3N4O. The van der Waals surface area contributed by atoms with Gasteiger partial charge in [0.05, 0.1) is 10.2 Å². The molecule has 0 aliphatic heterocycles. The molecule has 1 unspecified atom stereocenters. The minimum absolute atomic E-state index is 0.154. The lowest BCUT2D eigenvalue weighted by molar-refractivity contribution is -0.142. The smallest absolute Gasteiger partial charge is 0.372 e. The highest BCUT2D eigenvalue weighted by Crippen LogP contribution is 2.36. The van der Waals surface area contributed by atoms with Gasteiger partial charge in [-0.3, -0.25) is 9.48 Å². The topological polar surface area (TPSA) is 50.2 Å². The van der Waals surface area contributed by atoms with Crippen molar-refractivity contribution in [3.63, 3.8) is 0 Å². The lowest BCUT2D eigenvalue weighted by Gasteiger charge is -2.21. The van der Waals surface area contributed by atoms with Crippen molar-refractivity contribution in [3.05, 3.63) is 40.1 Å². The van der Waals surface area contributed by atoms with Gasteiger partial charge in [-0.15, -0.1) is 0 Å². The summed E-state index contributed by atoms with van der Waals surface area (Å²) >= 11 is 2.92. The molecule has 27 heavy (non-hydrogen) atoms. The van der Waals surface area contributed by atoms with Crippen molar-refractivity contribution in [2.24, 2.45) is 0 Å². The number of amides is 1. The quantitative estimate of drug-likeness (QED) is 0.677. The van der Waals surface area contributed by atoms with E-state index < -0.39 is 23.8 Å². The van der Waals surface area contributed by atoms with Gasteiger partial charge in [0.15, 0.2) is 5.69 Å². The second-order valence-electron chi connectivity index (χ2n) is 6.07. The SMILES string of the molecule is CCN(CC)c1ccc(NC(=O)C(C)n2nc(C(F)(F)F)c(Br)c2C)cc1. The zero-order chi connectivity index (χ0) is 20.4. The van der Waals surface area contributed by atoms with Crippen LogP contribution in [0.5, 0.6) is 0 Å². The maximum Gasteiger partial charge on any atom is 0.436 e. The van der Waals surface area contributed by atoms with Gasteiger partial charge in [0.2, 0.25) is 5.91 Å². The molecule has 1 aromatic heterocycles. The van der Waals surface area contributed by atoms with Crippen LogP contribution in [0.15, 0.2) is 28.7 Å². The number of hydrogen-bond donors (Lipinski definition) is 1. The fourth-order valence-electron chi connectivity index (χ4n) is 2.76. The molecule has 0 saturated heterocycles. The van der Waals surface area contributed by atoms with Crippen molar-refractivity contribution < 1.29 is 18.0 Å². The number of hydrogen-bond acceptors (Lipinski definition) is 3. The van der Waals surface area contributed by atoms with Gasteiger partial charge in [0.1, 0.15) is 6.04 Å². The lowest BCUT2D eigenvalue weighted by Crippen LogP contribution is -2.26. The number of anilines is 2. The average molecular weight is 447 g/mol. The Morgan fingerprint density at radius 3 is 2.26 bits per heavy atom. The molecule has 2 aromatic rings. The van der Waals surface area contributed by atoms with Crippen molar-refractivity contribution in [1.82, 2.24) is 9.78 Å². The average Bonchev–Trinajstić information content (AvgIpc) is 2.92. The van der Waals surface area contributed by atoms with E-state index in [9.17, 15) is 18.0 Å². The Bertz CT molecular complexity index is 798. The molecule has 9 heteroatoms. The first kappa shape index (κ1) is 21.3. The number of halogens is 4.